The molecule has 0 saturated carbocycles. The van der Waals surface area contributed by atoms with Gasteiger partial charge in [-0.1, -0.05) is 50.8 Å². The smallest absolute Gasteiger partial charge is 0.329 e. The van der Waals surface area contributed by atoms with Crippen molar-refractivity contribution in [3.63, 3.8) is 0 Å². The van der Waals surface area contributed by atoms with Gasteiger partial charge in [-0.15, -0.1) is 0 Å². The van der Waals surface area contributed by atoms with Gasteiger partial charge < -0.3 is 14.7 Å². The third-order valence-electron chi connectivity index (χ3n) is 4.53. The predicted octanol–water partition coefficient (Wildman–Crippen LogP) is 3.90. The number of rotatable bonds is 12. The maximum Gasteiger partial charge on any atom is 0.329 e. The Hall–Kier alpha value is -2.37. The topological polar surface area (TPSA) is 83.9 Å². The molecule has 0 aliphatic rings. The number of hydrogen-bond acceptors (Lipinski definition) is 4. The highest BCUT2D eigenvalue weighted by Gasteiger charge is 2.38. The number of hydrogen-bond donors (Lipinski definition) is 1. The van der Waals surface area contributed by atoms with Crippen LogP contribution in [0, 0.1) is 0 Å². The Morgan fingerprint density at radius 2 is 1.67 bits per heavy atom. The normalized spacial score (nSPS) is 11.1. The predicted molar refractivity (Wildman–Crippen MR) is 104 cm³/mol. The van der Waals surface area contributed by atoms with Crippen LogP contribution in [-0.2, 0) is 14.3 Å². The van der Waals surface area contributed by atoms with Crippen molar-refractivity contribution in [3.8, 4) is 0 Å². The van der Waals surface area contributed by atoms with Gasteiger partial charge in [-0.25, -0.2) is 4.79 Å². The summed E-state index contributed by atoms with van der Waals surface area (Å²) in [5.74, 6) is -1.83. The number of unbranched alkanes of at least 4 members (excludes halogenated alkanes) is 4. The zero-order valence-electron chi connectivity index (χ0n) is 16.6. The molecule has 6 heteroatoms. The first kappa shape index (κ1) is 22.7. The van der Waals surface area contributed by atoms with Crippen molar-refractivity contribution < 1.29 is 24.2 Å². The summed E-state index contributed by atoms with van der Waals surface area (Å²) in [6.45, 7) is 5.06. The van der Waals surface area contributed by atoms with Crippen LogP contribution in [0.15, 0.2) is 30.3 Å². The van der Waals surface area contributed by atoms with Crippen LogP contribution in [0.25, 0.3) is 0 Å². The average molecular weight is 377 g/mol. The van der Waals surface area contributed by atoms with E-state index in [9.17, 15) is 19.5 Å². The van der Waals surface area contributed by atoms with Gasteiger partial charge in [0.15, 0.2) is 0 Å². The van der Waals surface area contributed by atoms with E-state index in [0.717, 1.165) is 32.1 Å². The molecule has 27 heavy (non-hydrogen) atoms. The second-order valence-electron chi connectivity index (χ2n) is 7.07. The molecule has 1 rings (SSSR count). The van der Waals surface area contributed by atoms with E-state index in [0.29, 0.717) is 12.0 Å². The van der Waals surface area contributed by atoms with Gasteiger partial charge in [0.25, 0.3) is 5.91 Å². The summed E-state index contributed by atoms with van der Waals surface area (Å²) in [5.41, 5.74) is -1.02. The molecule has 0 radical (unpaired) electrons. The number of ether oxygens (including phenoxy) is 1. The minimum absolute atomic E-state index is 0.0224. The van der Waals surface area contributed by atoms with E-state index < -0.39 is 17.4 Å². The summed E-state index contributed by atoms with van der Waals surface area (Å²) in [6, 6.07) is 8.49. The van der Waals surface area contributed by atoms with E-state index in [-0.39, 0.29) is 19.1 Å². The molecule has 0 atom stereocenters. The Balaban J connectivity index is 2.62. The zero-order chi connectivity index (χ0) is 20.3. The quantitative estimate of drug-likeness (QED) is 0.441. The number of carboxylic acid groups (broad SMARTS) is 1. The number of carboxylic acids is 1. The third-order valence-corrected chi connectivity index (χ3v) is 4.53. The van der Waals surface area contributed by atoms with Gasteiger partial charge in [0, 0.05) is 12.0 Å². The van der Waals surface area contributed by atoms with Gasteiger partial charge in [-0.2, -0.15) is 0 Å². The van der Waals surface area contributed by atoms with Gasteiger partial charge in [0.1, 0.15) is 12.1 Å². The van der Waals surface area contributed by atoms with E-state index in [1.165, 1.54) is 18.7 Å². The van der Waals surface area contributed by atoms with Crippen molar-refractivity contribution in [2.45, 2.75) is 64.8 Å². The lowest BCUT2D eigenvalue weighted by molar-refractivity contribution is -0.149. The van der Waals surface area contributed by atoms with Crippen LogP contribution in [0.2, 0.25) is 0 Å². The van der Waals surface area contributed by atoms with Gasteiger partial charge in [0.05, 0.1) is 6.54 Å². The van der Waals surface area contributed by atoms with Crippen LogP contribution in [0.4, 0.5) is 0 Å². The number of nitrogens with zero attached hydrogens (tertiary/aromatic N) is 1. The van der Waals surface area contributed by atoms with E-state index in [4.69, 9.17) is 4.74 Å². The number of amides is 1. The van der Waals surface area contributed by atoms with Crippen LogP contribution < -0.4 is 0 Å². The molecular formula is C21H31NO5. The van der Waals surface area contributed by atoms with Crippen molar-refractivity contribution in [1.29, 1.82) is 0 Å². The summed E-state index contributed by atoms with van der Waals surface area (Å²) < 4.78 is 5.21. The van der Waals surface area contributed by atoms with Crippen molar-refractivity contribution >= 4 is 17.8 Å². The van der Waals surface area contributed by atoms with Crippen molar-refractivity contribution in [1.82, 2.24) is 4.90 Å². The summed E-state index contributed by atoms with van der Waals surface area (Å²) in [7, 11) is 0. The van der Waals surface area contributed by atoms with E-state index >= 15 is 0 Å². The lowest BCUT2D eigenvalue weighted by Crippen LogP contribution is -2.54. The average Bonchev–Trinajstić information content (AvgIpc) is 2.65. The summed E-state index contributed by atoms with van der Waals surface area (Å²) >= 11 is 0. The molecule has 0 bridgehead atoms. The minimum Gasteiger partial charge on any atom is -0.480 e. The minimum atomic E-state index is -1.42. The number of aliphatic carboxylic acids is 1. The molecule has 1 N–H and O–H groups in total. The van der Waals surface area contributed by atoms with Crippen molar-refractivity contribution in [2.75, 3.05) is 13.2 Å². The maximum atomic E-state index is 12.8. The van der Waals surface area contributed by atoms with E-state index in [1.54, 1.807) is 30.3 Å². The van der Waals surface area contributed by atoms with Crippen LogP contribution >= 0.6 is 0 Å². The highest BCUT2D eigenvalue weighted by atomic mass is 16.5. The Morgan fingerprint density at radius 3 is 2.26 bits per heavy atom. The Morgan fingerprint density at radius 1 is 1.04 bits per heavy atom. The molecule has 1 aromatic carbocycles. The summed E-state index contributed by atoms with van der Waals surface area (Å²) in [4.78, 5) is 37.5. The molecule has 0 aromatic heterocycles. The van der Waals surface area contributed by atoms with Crippen molar-refractivity contribution in [2.24, 2.45) is 0 Å². The second-order valence-corrected chi connectivity index (χ2v) is 7.07. The molecule has 0 fully saturated rings. The lowest BCUT2D eigenvalue weighted by Gasteiger charge is -2.35. The van der Waals surface area contributed by atoms with Crippen LogP contribution in [0.1, 0.15) is 69.7 Å². The first-order chi connectivity index (χ1) is 12.8. The second kappa shape index (κ2) is 11.4. The fourth-order valence-corrected chi connectivity index (χ4v) is 2.68. The standard InChI is InChI=1S/C21H31NO5/c1-4-5-6-7-11-14-18(23)27-16-15-22(21(2,3)20(25)26)19(24)17-12-9-8-10-13-17/h8-10,12-13H,4-7,11,14-16H2,1-3H3,(H,25,26). The number of esters is 1. The lowest BCUT2D eigenvalue weighted by atomic mass is 10.0. The van der Waals surface area contributed by atoms with Gasteiger partial charge in [-0.3, -0.25) is 9.59 Å². The molecule has 1 amide bonds. The highest BCUT2D eigenvalue weighted by molar-refractivity contribution is 5.97. The highest BCUT2D eigenvalue weighted by Crippen LogP contribution is 2.18. The molecule has 6 nitrogen and oxygen atoms in total. The largest absolute Gasteiger partial charge is 0.480 e. The molecule has 0 saturated heterocycles. The zero-order valence-corrected chi connectivity index (χ0v) is 16.6. The third kappa shape index (κ3) is 7.41. The molecule has 0 heterocycles. The summed E-state index contributed by atoms with van der Waals surface area (Å²) in [6.07, 6.45) is 5.54. The molecule has 0 aliphatic heterocycles. The Bertz CT molecular complexity index is 612. The van der Waals surface area contributed by atoms with Gasteiger partial charge >= 0.3 is 11.9 Å². The summed E-state index contributed by atoms with van der Waals surface area (Å²) in [5, 5.41) is 9.50. The Kier molecular flexibility index (Phi) is 9.54. The number of carbonyl (C=O) groups excluding carboxylic acids is 2. The monoisotopic (exact) mass is 377 g/mol. The maximum absolute atomic E-state index is 12.8. The molecule has 0 unspecified atom stereocenters. The van der Waals surface area contributed by atoms with Crippen molar-refractivity contribution in [3.05, 3.63) is 35.9 Å². The van der Waals surface area contributed by atoms with E-state index in [1.807, 2.05) is 0 Å². The van der Waals surface area contributed by atoms with Crippen LogP contribution in [-0.4, -0.2) is 46.5 Å². The SMILES string of the molecule is CCCCCCCC(=O)OCCN(C(=O)c1ccccc1)C(C)(C)C(=O)O. The number of benzene rings is 1. The molecule has 0 aliphatic carbocycles. The first-order valence-electron chi connectivity index (χ1n) is 9.56. The first-order valence-corrected chi connectivity index (χ1v) is 9.56. The van der Waals surface area contributed by atoms with Crippen LogP contribution in [0.3, 0.4) is 0 Å². The van der Waals surface area contributed by atoms with E-state index in [2.05, 4.69) is 6.92 Å². The van der Waals surface area contributed by atoms with Gasteiger partial charge in [-0.05, 0) is 32.4 Å². The van der Waals surface area contributed by atoms with Gasteiger partial charge in [0.2, 0.25) is 0 Å². The number of carbonyl (C=O) groups is 3. The Labute approximate surface area is 161 Å². The molecule has 0 spiro atoms. The molecular weight excluding hydrogens is 346 g/mol. The fraction of sp³-hybridized carbons (Fsp3) is 0.571. The molecule has 150 valence electrons. The molecule has 1 aromatic rings. The fourth-order valence-electron chi connectivity index (χ4n) is 2.68. The van der Waals surface area contributed by atoms with Crippen LogP contribution in [0.5, 0.6) is 0 Å².